The third-order valence-corrected chi connectivity index (χ3v) is 1.05. The minimum absolute atomic E-state index is 0.206. The van der Waals surface area contributed by atoms with Gasteiger partial charge in [0.2, 0.25) is 6.29 Å². The van der Waals surface area contributed by atoms with Gasteiger partial charge < -0.3 is 4.74 Å². The van der Waals surface area contributed by atoms with Crippen molar-refractivity contribution in [3.05, 3.63) is 0 Å². The van der Waals surface area contributed by atoms with Gasteiger partial charge in [-0.15, -0.1) is 0 Å². The molecule has 1 unspecified atom stereocenters. The fraction of sp³-hybridized carbons (Fsp3) is 0.857. The van der Waals surface area contributed by atoms with E-state index in [0.29, 0.717) is 6.42 Å². The van der Waals surface area contributed by atoms with E-state index in [0.717, 1.165) is 0 Å². The van der Waals surface area contributed by atoms with Crippen LogP contribution in [0.3, 0.4) is 0 Å². The first-order valence-electron chi connectivity index (χ1n) is 3.44. The number of hydrogen-bond donors (Lipinski definition) is 0. The Bertz CT molecular complexity index is 109. The number of esters is 1. The molecular formula is C7H13O3. The number of carbonyl (C=O) groups excluding carboxylic acids is 1. The molecule has 0 aromatic carbocycles. The highest BCUT2D eigenvalue weighted by molar-refractivity contribution is 5.71. The molecule has 3 nitrogen and oxygen atoms in total. The van der Waals surface area contributed by atoms with Crippen molar-refractivity contribution in [1.82, 2.24) is 0 Å². The lowest BCUT2D eigenvalue weighted by Gasteiger charge is -2.08. The summed E-state index contributed by atoms with van der Waals surface area (Å²) in [5.41, 5.74) is 0. The maximum atomic E-state index is 10.7. The first-order chi connectivity index (χ1) is 4.57. The Morgan fingerprint density at radius 2 is 2.00 bits per heavy atom. The van der Waals surface area contributed by atoms with E-state index in [1.54, 1.807) is 20.8 Å². The fourth-order valence-corrected chi connectivity index (χ4v) is 0.349. The highest BCUT2D eigenvalue weighted by Crippen LogP contribution is 2.01. The number of carbonyl (C=O) groups is 1. The van der Waals surface area contributed by atoms with E-state index in [1.807, 2.05) is 0 Å². The predicted octanol–water partition coefficient (Wildman–Crippen LogP) is 1.35. The normalized spacial score (nSPS) is 13.3. The minimum atomic E-state index is -1.19. The van der Waals surface area contributed by atoms with E-state index in [-0.39, 0.29) is 5.92 Å². The molecule has 0 saturated carbocycles. The molecule has 0 spiro atoms. The highest BCUT2D eigenvalue weighted by atomic mass is 16.6. The molecule has 10 heavy (non-hydrogen) atoms. The van der Waals surface area contributed by atoms with E-state index in [1.165, 1.54) is 0 Å². The Hall–Kier alpha value is -0.570. The van der Waals surface area contributed by atoms with Gasteiger partial charge in [0.1, 0.15) is 0 Å². The van der Waals surface area contributed by atoms with Gasteiger partial charge in [0.25, 0.3) is 0 Å². The van der Waals surface area contributed by atoms with Crippen LogP contribution in [0.15, 0.2) is 0 Å². The molecule has 0 aromatic rings. The highest BCUT2D eigenvalue weighted by Gasteiger charge is 2.13. The number of ether oxygens (including phenoxy) is 1. The summed E-state index contributed by atoms with van der Waals surface area (Å²) in [5.74, 6) is -0.621. The molecule has 0 rings (SSSR count). The van der Waals surface area contributed by atoms with Crippen LogP contribution in [-0.2, 0) is 14.6 Å². The second-order valence-electron chi connectivity index (χ2n) is 2.43. The van der Waals surface area contributed by atoms with Crippen LogP contribution in [0.25, 0.3) is 0 Å². The second-order valence-corrected chi connectivity index (χ2v) is 2.43. The van der Waals surface area contributed by atoms with Gasteiger partial charge in [0.15, 0.2) is 0 Å². The SMILES string of the molecule is CCC([O])OC(=O)C(C)C. The minimum Gasteiger partial charge on any atom is -0.433 e. The standard InChI is InChI=1S/C7H13O3/c1-4-6(8)10-7(9)5(2)3/h5-6H,4H2,1-3H3. The molecule has 0 bridgehead atoms. The van der Waals surface area contributed by atoms with Crippen LogP contribution in [0.5, 0.6) is 0 Å². The molecule has 0 aromatic heterocycles. The zero-order valence-corrected chi connectivity index (χ0v) is 6.59. The van der Waals surface area contributed by atoms with Crippen molar-refractivity contribution < 1.29 is 14.6 Å². The van der Waals surface area contributed by atoms with Gasteiger partial charge >= 0.3 is 5.97 Å². The zero-order valence-electron chi connectivity index (χ0n) is 6.59. The molecule has 0 amide bonds. The Morgan fingerprint density at radius 1 is 1.50 bits per heavy atom. The van der Waals surface area contributed by atoms with Crippen LogP contribution in [0.2, 0.25) is 0 Å². The molecule has 0 saturated heterocycles. The molecule has 0 aliphatic rings. The van der Waals surface area contributed by atoms with Crippen LogP contribution >= 0.6 is 0 Å². The van der Waals surface area contributed by atoms with E-state index >= 15 is 0 Å². The third-order valence-electron chi connectivity index (χ3n) is 1.05. The zero-order chi connectivity index (χ0) is 8.15. The molecule has 0 aliphatic carbocycles. The Kier molecular flexibility index (Phi) is 4.03. The van der Waals surface area contributed by atoms with Crippen molar-refractivity contribution in [3.8, 4) is 0 Å². The van der Waals surface area contributed by atoms with Crippen LogP contribution in [0.1, 0.15) is 27.2 Å². The van der Waals surface area contributed by atoms with Crippen LogP contribution in [-0.4, -0.2) is 12.3 Å². The fourth-order valence-electron chi connectivity index (χ4n) is 0.349. The summed E-state index contributed by atoms with van der Waals surface area (Å²) >= 11 is 0. The summed E-state index contributed by atoms with van der Waals surface area (Å²) in [6.07, 6.45) is -0.853. The van der Waals surface area contributed by atoms with Gasteiger partial charge in [-0.2, -0.15) is 5.11 Å². The van der Waals surface area contributed by atoms with Crippen LogP contribution in [0, 0.1) is 5.92 Å². The average molecular weight is 145 g/mol. The molecule has 0 N–H and O–H groups in total. The van der Waals surface area contributed by atoms with Crippen molar-refractivity contribution in [2.24, 2.45) is 5.92 Å². The van der Waals surface area contributed by atoms with Crippen molar-refractivity contribution in [2.45, 2.75) is 33.5 Å². The van der Waals surface area contributed by atoms with Gasteiger partial charge in [0, 0.05) is 6.42 Å². The van der Waals surface area contributed by atoms with Gasteiger partial charge in [-0.3, -0.25) is 4.79 Å². The third kappa shape index (κ3) is 3.45. The van der Waals surface area contributed by atoms with E-state index in [4.69, 9.17) is 0 Å². The summed E-state index contributed by atoms with van der Waals surface area (Å²) in [6.45, 7) is 5.08. The molecule has 0 fully saturated rings. The quantitative estimate of drug-likeness (QED) is 0.444. The summed E-state index contributed by atoms with van der Waals surface area (Å²) < 4.78 is 4.47. The van der Waals surface area contributed by atoms with Gasteiger partial charge in [-0.25, -0.2) is 0 Å². The van der Waals surface area contributed by atoms with Gasteiger partial charge in [0.05, 0.1) is 5.92 Å². The molecule has 1 radical (unpaired) electrons. The topological polar surface area (TPSA) is 46.2 Å². The molecule has 3 heteroatoms. The predicted molar refractivity (Wildman–Crippen MR) is 35.7 cm³/mol. The van der Waals surface area contributed by atoms with Crippen LogP contribution in [0.4, 0.5) is 0 Å². The molecule has 0 aliphatic heterocycles. The summed E-state index contributed by atoms with van der Waals surface area (Å²) in [4.78, 5) is 10.7. The van der Waals surface area contributed by atoms with Crippen molar-refractivity contribution in [1.29, 1.82) is 0 Å². The molecular weight excluding hydrogens is 132 g/mol. The van der Waals surface area contributed by atoms with Gasteiger partial charge in [-0.05, 0) is 0 Å². The summed E-state index contributed by atoms with van der Waals surface area (Å²) in [6, 6.07) is 0. The Balaban J connectivity index is 3.57. The first-order valence-corrected chi connectivity index (χ1v) is 3.44. The average Bonchev–Trinajstić information content (AvgIpc) is 1.87. The van der Waals surface area contributed by atoms with E-state index in [2.05, 4.69) is 4.74 Å². The van der Waals surface area contributed by atoms with Crippen molar-refractivity contribution in [3.63, 3.8) is 0 Å². The largest absolute Gasteiger partial charge is 0.433 e. The van der Waals surface area contributed by atoms with Gasteiger partial charge in [-0.1, -0.05) is 20.8 Å². The van der Waals surface area contributed by atoms with E-state index in [9.17, 15) is 9.90 Å². The van der Waals surface area contributed by atoms with E-state index < -0.39 is 12.3 Å². The molecule has 0 heterocycles. The number of hydrogen-bond acceptors (Lipinski definition) is 2. The Labute approximate surface area is 61.0 Å². The summed E-state index contributed by atoms with van der Waals surface area (Å²) in [5, 5.41) is 10.6. The molecule has 1 atom stereocenters. The Morgan fingerprint density at radius 3 is 2.30 bits per heavy atom. The lowest BCUT2D eigenvalue weighted by Crippen LogP contribution is -2.19. The second kappa shape index (κ2) is 4.28. The lowest BCUT2D eigenvalue weighted by atomic mass is 10.2. The summed E-state index contributed by atoms with van der Waals surface area (Å²) in [7, 11) is 0. The maximum absolute atomic E-state index is 10.7. The van der Waals surface area contributed by atoms with Crippen LogP contribution < -0.4 is 0 Å². The number of rotatable bonds is 3. The lowest BCUT2D eigenvalue weighted by molar-refractivity contribution is -0.182. The maximum Gasteiger partial charge on any atom is 0.310 e. The monoisotopic (exact) mass is 145 g/mol. The smallest absolute Gasteiger partial charge is 0.310 e. The van der Waals surface area contributed by atoms with Crippen molar-refractivity contribution in [2.75, 3.05) is 0 Å². The molecule has 59 valence electrons. The first kappa shape index (κ1) is 9.43. The van der Waals surface area contributed by atoms with Crippen molar-refractivity contribution >= 4 is 5.97 Å².